The lowest BCUT2D eigenvalue weighted by atomic mass is 10.2. The van der Waals surface area contributed by atoms with Crippen LogP contribution in [0.15, 0.2) is 30.3 Å². The molecule has 2 rings (SSSR count). The molecule has 25 heavy (non-hydrogen) atoms. The molecular formula is C18H19Cl2NO4. The summed E-state index contributed by atoms with van der Waals surface area (Å²) in [5.41, 5.74) is 1.31. The summed E-state index contributed by atoms with van der Waals surface area (Å²) in [6, 6.07) is 8.38. The van der Waals surface area contributed by atoms with E-state index in [4.69, 9.17) is 37.4 Å². The first-order valence-electron chi connectivity index (χ1n) is 7.51. The van der Waals surface area contributed by atoms with E-state index in [-0.39, 0.29) is 5.91 Å². The molecule has 0 bridgehead atoms. The van der Waals surface area contributed by atoms with Crippen LogP contribution in [-0.4, -0.2) is 26.2 Å². The molecule has 0 aromatic heterocycles. The molecule has 0 radical (unpaired) electrons. The number of carbonyl (C=O) groups is 1. The monoisotopic (exact) mass is 383 g/mol. The van der Waals surface area contributed by atoms with Crippen LogP contribution in [0.25, 0.3) is 0 Å². The first-order chi connectivity index (χ1) is 11.8. The number of anilines is 1. The van der Waals surface area contributed by atoms with Crippen molar-refractivity contribution in [2.75, 3.05) is 19.5 Å². The topological polar surface area (TPSA) is 56.8 Å². The number of benzene rings is 2. The lowest BCUT2D eigenvalue weighted by Crippen LogP contribution is -2.30. The van der Waals surface area contributed by atoms with Crippen molar-refractivity contribution in [3.05, 3.63) is 45.9 Å². The van der Waals surface area contributed by atoms with Crippen LogP contribution < -0.4 is 19.5 Å². The third-order valence-electron chi connectivity index (χ3n) is 3.54. The van der Waals surface area contributed by atoms with Gasteiger partial charge in [0.2, 0.25) is 0 Å². The summed E-state index contributed by atoms with van der Waals surface area (Å²) in [6.45, 7) is 3.52. The molecule has 7 heteroatoms. The molecule has 1 amide bonds. The highest BCUT2D eigenvalue weighted by Gasteiger charge is 2.18. The number of hydrogen-bond acceptors (Lipinski definition) is 4. The SMILES string of the molecule is COc1cc(NC(=O)C(C)Oc2ccc(Cl)c(C)c2)c(OC)cc1Cl. The standard InChI is InChI=1S/C18H19Cl2NO4/c1-10-7-12(5-6-13(10)19)25-11(2)18(22)21-15-9-16(23-3)14(20)8-17(15)24-4/h5-9,11H,1-4H3,(H,21,22). The molecule has 0 fully saturated rings. The average Bonchev–Trinajstić information content (AvgIpc) is 2.59. The Morgan fingerprint density at radius 3 is 2.32 bits per heavy atom. The lowest BCUT2D eigenvalue weighted by Gasteiger charge is -2.17. The maximum absolute atomic E-state index is 12.4. The van der Waals surface area contributed by atoms with E-state index >= 15 is 0 Å². The van der Waals surface area contributed by atoms with E-state index in [1.165, 1.54) is 14.2 Å². The fraction of sp³-hybridized carbons (Fsp3) is 0.278. The van der Waals surface area contributed by atoms with Gasteiger partial charge in [-0.05, 0) is 37.6 Å². The van der Waals surface area contributed by atoms with Crippen LogP contribution in [0, 0.1) is 6.92 Å². The minimum absolute atomic E-state index is 0.338. The van der Waals surface area contributed by atoms with Crippen LogP contribution in [0.4, 0.5) is 5.69 Å². The summed E-state index contributed by atoms with van der Waals surface area (Å²) in [5, 5.41) is 3.78. The van der Waals surface area contributed by atoms with Crippen molar-refractivity contribution in [3.8, 4) is 17.2 Å². The van der Waals surface area contributed by atoms with Crippen molar-refractivity contribution in [2.45, 2.75) is 20.0 Å². The average molecular weight is 384 g/mol. The molecule has 0 aliphatic carbocycles. The Hall–Kier alpha value is -2.11. The molecule has 2 aromatic rings. The van der Waals surface area contributed by atoms with Crippen LogP contribution in [0.1, 0.15) is 12.5 Å². The zero-order chi connectivity index (χ0) is 18.6. The highest BCUT2D eigenvalue weighted by molar-refractivity contribution is 6.32. The Kier molecular flexibility index (Phi) is 6.39. The second-order valence-corrected chi connectivity index (χ2v) is 6.16. The molecule has 134 valence electrons. The van der Waals surface area contributed by atoms with Gasteiger partial charge in [-0.1, -0.05) is 23.2 Å². The Bertz CT molecular complexity index is 780. The largest absolute Gasteiger partial charge is 0.495 e. The smallest absolute Gasteiger partial charge is 0.265 e. The van der Waals surface area contributed by atoms with Gasteiger partial charge in [0, 0.05) is 17.2 Å². The maximum atomic E-state index is 12.4. The zero-order valence-corrected chi connectivity index (χ0v) is 15.9. The van der Waals surface area contributed by atoms with Gasteiger partial charge in [0.15, 0.2) is 6.10 Å². The number of aryl methyl sites for hydroxylation is 1. The summed E-state index contributed by atoms with van der Waals surface area (Å²) in [4.78, 5) is 12.4. The van der Waals surface area contributed by atoms with Gasteiger partial charge < -0.3 is 19.5 Å². The van der Waals surface area contributed by atoms with E-state index in [1.54, 1.807) is 37.3 Å². The van der Waals surface area contributed by atoms with Crippen molar-refractivity contribution in [1.82, 2.24) is 0 Å². The fourth-order valence-electron chi connectivity index (χ4n) is 2.14. The number of nitrogens with one attached hydrogen (secondary N) is 1. The van der Waals surface area contributed by atoms with Crippen molar-refractivity contribution >= 4 is 34.8 Å². The van der Waals surface area contributed by atoms with Gasteiger partial charge in [-0.25, -0.2) is 0 Å². The number of methoxy groups -OCH3 is 2. The zero-order valence-electron chi connectivity index (χ0n) is 14.4. The summed E-state index contributed by atoms with van der Waals surface area (Å²) in [5.74, 6) is 1.08. The molecule has 0 aliphatic heterocycles. The van der Waals surface area contributed by atoms with Gasteiger partial charge in [0.25, 0.3) is 5.91 Å². The molecule has 0 heterocycles. The number of ether oxygens (including phenoxy) is 3. The van der Waals surface area contributed by atoms with Crippen LogP contribution in [-0.2, 0) is 4.79 Å². The van der Waals surface area contributed by atoms with Gasteiger partial charge in [-0.3, -0.25) is 4.79 Å². The highest BCUT2D eigenvalue weighted by Crippen LogP contribution is 2.36. The number of halogens is 2. The normalized spacial score (nSPS) is 11.6. The summed E-state index contributed by atoms with van der Waals surface area (Å²) in [7, 11) is 2.98. The van der Waals surface area contributed by atoms with Gasteiger partial charge in [0.05, 0.1) is 24.9 Å². The van der Waals surface area contributed by atoms with E-state index in [0.29, 0.717) is 33.0 Å². The molecular weight excluding hydrogens is 365 g/mol. The Morgan fingerprint density at radius 1 is 1.04 bits per heavy atom. The molecule has 0 aliphatic rings. The number of amides is 1. The number of rotatable bonds is 6. The fourth-order valence-corrected chi connectivity index (χ4v) is 2.49. The number of hydrogen-bond donors (Lipinski definition) is 1. The van der Waals surface area contributed by atoms with E-state index in [0.717, 1.165) is 5.56 Å². The lowest BCUT2D eigenvalue weighted by molar-refractivity contribution is -0.122. The van der Waals surface area contributed by atoms with Gasteiger partial charge in [0.1, 0.15) is 17.2 Å². The summed E-state index contributed by atoms with van der Waals surface area (Å²) >= 11 is 12.1. The first-order valence-corrected chi connectivity index (χ1v) is 8.26. The van der Waals surface area contributed by atoms with E-state index < -0.39 is 6.10 Å². The summed E-state index contributed by atoms with van der Waals surface area (Å²) in [6.07, 6.45) is -0.730. The van der Waals surface area contributed by atoms with E-state index in [9.17, 15) is 4.79 Å². The molecule has 1 N–H and O–H groups in total. The molecule has 5 nitrogen and oxygen atoms in total. The van der Waals surface area contributed by atoms with E-state index in [2.05, 4.69) is 5.32 Å². The third kappa shape index (κ3) is 4.71. The first kappa shape index (κ1) is 19.2. The minimum Gasteiger partial charge on any atom is -0.495 e. The van der Waals surface area contributed by atoms with Gasteiger partial charge >= 0.3 is 0 Å². The van der Waals surface area contributed by atoms with Gasteiger partial charge in [-0.15, -0.1) is 0 Å². The molecule has 0 saturated heterocycles. The van der Waals surface area contributed by atoms with Crippen LogP contribution in [0.5, 0.6) is 17.2 Å². The molecule has 2 aromatic carbocycles. The Labute approximate surface area is 156 Å². The Balaban J connectivity index is 2.14. The van der Waals surface area contributed by atoms with Crippen LogP contribution in [0.2, 0.25) is 10.0 Å². The number of carbonyl (C=O) groups excluding carboxylic acids is 1. The van der Waals surface area contributed by atoms with Gasteiger partial charge in [-0.2, -0.15) is 0 Å². The quantitative estimate of drug-likeness (QED) is 0.783. The molecule has 1 unspecified atom stereocenters. The van der Waals surface area contributed by atoms with Crippen molar-refractivity contribution < 1.29 is 19.0 Å². The third-order valence-corrected chi connectivity index (χ3v) is 4.26. The van der Waals surface area contributed by atoms with E-state index in [1.807, 2.05) is 6.92 Å². The molecule has 0 spiro atoms. The van der Waals surface area contributed by atoms with Crippen molar-refractivity contribution in [3.63, 3.8) is 0 Å². The highest BCUT2D eigenvalue weighted by atomic mass is 35.5. The molecule has 1 atom stereocenters. The predicted molar refractivity (Wildman–Crippen MR) is 99.5 cm³/mol. The predicted octanol–water partition coefficient (Wildman–Crippen LogP) is 4.73. The minimum atomic E-state index is -0.730. The summed E-state index contributed by atoms with van der Waals surface area (Å²) < 4.78 is 16.1. The van der Waals surface area contributed by atoms with Crippen LogP contribution >= 0.6 is 23.2 Å². The van der Waals surface area contributed by atoms with Crippen molar-refractivity contribution in [1.29, 1.82) is 0 Å². The second kappa shape index (κ2) is 8.32. The van der Waals surface area contributed by atoms with Crippen LogP contribution in [0.3, 0.4) is 0 Å². The second-order valence-electron chi connectivity index (χ2n) is 5.35. The Morgan fingerprint density at radius 2 is 1.72 bits per heavy atom. The molecule has 0 saturated carbocycles. The van der Waals surface area contributed by atoms with Crippen molar-refractivity contribution in [2.24, 2.45) is 0 Å². The maximum Gasteiger partial charge on any atom is 0.265 e.